The first-order valence-electron chi connectivity index (χ1n) is 8.45. The summed E-state index contributed by atoms with van der Waals surface area (Å²) < 4.78 is 10.9. The van der Waals surface area contributed by atoms with Crippen LogP contribution >= 0.6 is 0 Å². The smallest absolute Gasteiger partial charge is 0.334 e. The van der Waals surface area contributed by atoms with E-state index in [4.69, 9.17) is 9.47 Å². The molecule has 1 aliphatic heterocycles. The van der Waals surface area contributed by atoms with Crippen LogP contribution in [0.1, 0.15) is 31.4 Å². The Morgan fingerprint density at radius 3 is 2.54 bits per heavy atom. The first-order valence-corrected chi connectivity index (χ1v) is 8.45. The zero-order valence-corrected chi connectivity index (χ0v) is 14.2. The van der Waals surface area contributed by atoms with Gasteiger partial charge in [0.15, 0.2) is 0 Å². The summed E-state index contributed by atoms with van der Waals surface area (Å²) in [6, 6.07) is 14.7. The minimum Gasteiger partial charge on any atom is -0.493 e. The lowest BCUT2D eigenvalue weighted by molar-refractivity contribution is -0.138. The quantitative estimate of drug-likeness (QED) is 0.769. The van der Waals surface area contributed by atoms with E-state index in [1.54, 1.807) is 0 Å². The largest absolute Gasteiger partial charge is 0.493 e. The van der Waals surface area contributed by atoms with E-state index >= 15 is 0 Å². The van der Waals surface area contributed by atoms with Crippen LogP contribution in [-0.2, 0) is 16.0 Å². The minimum atomic E-state index is -0.258. The van der Waals surface area contributed by atoms with Gasteiger partial charge in [0, 0.05) is 17.6 Å². The Morgan fingerprint density at radius 2 is 1.83 bits per heavy atom. The summed E-state index contributed by atoms with van der Waals surface area (Å²) in [4.78, 5) is 12.0. The predicted octanol–water partition coefficient (Wildman–Crippen LogP) is 4.65. The van der Waals surface area contributed by atoms with Gasteiger partial charge < -0.3 is 9.47 Å². The Balaban J connectivity index is 1.96. The molecule has 0 saturated heterocycles. The Morgan fingerprint density at radius 1 is 1.08 bits per heavy atom. The molecule has 124 valence electrons. The fourth-order valence-electron chi connectivity index (χ4n) is 2.82. The summed E-state index contributed by atoms with van der Waals surface area (Å²) in [7, 11) is 0. The molecule has 24 heavy (non-hydrogen) atoms. The second-order valence-corrected chi connectivity index (χ2v) is 5.79. The minimum absolute atomic E-state index is 0.258. The summed E-state index contributed by atoms with van der Waals surface area (Å²) in [6.45, 7) is 4.84. The molecule has 0 fully saturated rings. The molecule has 3 rings (SSSR count). The van der Waals surface area contributed by atoms with Gasteiger partial charge in [-0.05, 0) is 48.2 Å². The second kappa shape index (κ2) is 7.35. The zero-order valence-electron chi connectivity index (χ0n) is 14.2. The van der Waals surface area contributed by atoms with Gasteiger partial charge in [-0.1, -0.05) is 37.3 Å². The van der Waals surface area contributed by atoms with Crippen LogP contribution < -0.4 is 4.74 Å². The van der Waals surface area contributed by atoms with Crippen molar-refractivity contribution >= 4 is 12.0 Å². The standard InChI is InChI=1S/C21H22O3/c1-3-15-5-7-16(8-6-15)17-9-10-20-19(13-17)14-18(11-12-24-20)21(22)23-4-2/h5-10,13-14H,3-4,11-12H2,1-2H3. The molecule has 0 N–H and O–H groups in total. The highest BCUT2D eigenvalue weighted by Crippen LogP contribution is 2.31. The van der Waals surface area contributed by atoms with Crippen molar-refractivity contribution in [2.75, 3.05) is 13.2 Å². The van der Waals surface area contributed by atoms with Crippen LogP contribution in [0.15, 0.2) is 48.0 Å². The Bertz CT molecular complexity index is 757. The Kier molecular flexibility index (Phi) is 4.99. The molecule has 1 aliphatic rings. The van der Waals surface area contributed by atoms with E-state index < -0.39 is 0 Å². The number of hydrogen-bond donors (Lipinski definition) is 0. The lowest BCUT2D eigenvalue weighted by atomic mass is 9.99. The zero-order chi connectivity index (χ0) is 16.9. The molecule has 0 aliphatic carbocycles. The average molecular weight is 322 g/mol. The number of ether oxygens (including phenoxy) is 2. The third-order valence-corrected chi connectivity index (χ3v) is 4.20. The van der Waals surface area contributed by atoms with Gasteiger partial charge in [-0.3, -0.25) is 0 Å². The normalized spacial score (nSPS) is 13.3. The average Bonchev–Trinajstić information content (AvgIpc) is 2.84. The van der Waals surface area contributed by atoms with Crippen LogP contribution in [-0.4, -0.2) is 19.2 Å². The molecule has 0 radical (unpaired) electrons. The molecule has 2 aromatic carbocycles. The third-order valence-electron chi connectivity index (χ3n) is 4.20. The molecule has 0 amide bonds. The Labute approximate surface area is 142 Å². The van der Waals surface area contributed by atoms with Crippen molar-refractivity contribution < 1.29 is 14.3 Å². The summed E-state index contributed by atoms with van der Waals surface area (Å²) in [5.74, 6) is 0.551. The molecule has 0 aromatic heterocycles. The van der Waals surface area contributed by atoms with E-state index in [-0.39, 0.29) is 5.97 Å². The number of benzene rings is 2. The van der Waals surface area contributed by atoms with Crippen LogP contribution in [0.2, 0.25) is 0 Å². The van der Waals surface area contributed by atoms with Crippen molar-refractivity contribution in [2.45, 2.75) is 26.7 Å². The van der Waals surface area contributed by atoms with Crippen LogP contribution in [0.4, 0.5) is 0 Å². The SMILES string of the molecule is CCOC(=O)C1=Cc2cc(-c3ccc(CC)cc3)ccc2OCC1. The first-order chi connectivity index (χ1) is 11.7. The number of hydrogen-bond acceptors (Lipinski definition) is 3. The highest BCUT2D eigenvalue weighted by Gasteiger charge is 2.16. The molecule has 0 atom stereocenters. The van der Waals surface area contributed by atoms with Crippen molar-refractivity contribution in [3.63, 3.8) is 0 Å². The van der Waals surface area contributed by atoms with Gasteiger partial charge in [0.1, 0.15) is 5.75 Å². The van der Waals surface area contributed by atoms with Crippen molar-refractivity contribution in [1.29, 1.82) is 0 Å². The highest BCUT2D eigenvalue weighted by atomic mass is 16.5. The van der Waals surface area contributed by atoms with Crippen LogP contribution in [0.25, 0.3) is 17.2 Å². The lowest BCUT2D eigenvalue weighted by Crippen LogP contribution is -2.09. The van der Waals surface area contributed by atoms with E-state index in [0.29, 0.717) is 25.2 Å². The molecule has 0 bridgehead atoms. The molecular formula is C21H22O3. The molecular weight excluding hydrogens is 300 g/mol. The van der Waals surface area contributed by atoms with Gasteiger partial charge in [-0.25, -0.2) is 4.79 Å². The van der Waals surface area contributed by atoms with Crippen molar-refractivity contribution in [1.82, 2.24) is 0 Å². The Hall–Kier alpha value is -2.55. The number of carbonyl (C=O) groups excluding carboxylic acids is 1. The van der Waals surface area contributed by atoms with E-state index in [2.05, 4.69) is 43.3 Å². The maximum atomic E-state index is 12.0. The summed E-state index contributed by atoms with van der Waals surface area (Å²) >= 11 is 0. The molecule has 3 heteroatoms. The number of rotatable bonds is 4. The van der Waals surface area contributed by atoms with Crippen LogP contribution in [0.5, 0.6) is 5.75 Å². The van der Waals surface area contributed by atoms with E-state index in [9.17, 15) is 4.79 Å². The summed E-state index contributed by atoms with van der Waals surface area (Å²) in [5, 5.41) is 0. The maximum absolute atomic E-state index is 12.0. The lowest BCUT2D eigenvalue weighted by Gasteiger charge is -2.09. The predicted molar refractivity (Wildman–Crippen MR) is 96.0 cm³/mol. The fraction of sp³-hybridized carbons (Fsp3) is 0.286. The van der Waals surface area contributed by atoms with Gasteiger partial charge in [-0.2, -0.15) is 0 Å². The van der Waals surface area contributed by atoms with E-state index in [1.807, 2.05) is 19.1 Å². The van der Waals surface area contributed by atoms with Crippen molar-refractivity contribution in [2.24, 2.45) is 0 Å². The highest BCUT2D eigenvalue weighted by molar-refractivity contribution is 5.94. The number of esters is 1. The molecule has 0 spiro atoms. The van der Waals surface area contributed by atoms with Gasteiger partial charge in [0.2, 0.25) is 0 Å². The fourth-order valence-corrected chi connectivity index (χ4v) is 2.82. The summed E-state index contributed by atoms with van der Waals surface area (Å²) in [5.41, 5.74) is 5.18. The topological polar surface area (TPSA) is 35.5 Å². The van der Waals surface area contributed by atoms with Gasteiger partial charge >= 0.3 is 5.97 Å². The molecule has 1 heterocycles. The maximum Gasteiger partial charge on any atom is 0.334 e. The number of fused-ring (bicyclic) bond motifs is 1. The van der Waals surface area contributed by atoms with Gasteiger partial charge in [0.25, 0.3) is 0 Å². The molecule has 3 nitrogen and oxygen atoms in total. The van der Waals surface area contributed by atoms with Gasteiger partial charge in [0.05, 0.1) is 13.2 Å². The third kappa shape index (κ3) is 3.51. The monoisotopic (exact) mass is 322 g/mol. The molecule has 0 saturated carbocycles. The molecule has 2 aromatic rings. The van der Waals surface area contributed by atoms with E-state index in [0.717, 1.165) is 28.9 Å². The van der Waals surface area contributed by atoms with Gasteiger partial charge in [-0.15, -0.1) is 0 Å². The van der Waals surface area contributed by atoms with Crippen LogP contribution in [0, 0.1) is 0 Å². The van der Waals surface area contributed by atoms with E-state index in [1.165, 1.54) is 5.56 Å². The first kappa shape index (κ1) is 16.3. The van der Waals surface area contributed by atoms with Crippen LogP contribution in [0.3, 0.4) is 0 Å². The second-order valence-electron chi connectivity index (χ2n) is 5.79. The van der Waals surface area contributed by atoms with Crippen molar-refractivity contribution in [3.8, 4) is 16.9 Å². The molecule has 0 unspecified atom stereocenters. The number of aryl methyl sites for hydroxylation is 1. The van der Waals surface area contributed by atoms with Crippen molar-refractivity contribution in [3.05, 3.63) is 59.2 Å². The number of carbonyl (C=O) groups is 1. The summed E-state index contributed by atoms with van der Waals surface area (Å²) in [6.07, 6.45) is 3.49.